The van der Waals surface area contributed by atoms with Crippen LogP contribution in [0.4, 0.5) is 10.1 Å². The molecule has 1 rings (SSSR count). The molecular weight excluding hydrogens is 193 g/mol. The number of hydrogen-bond donors (Lipinski definition) is 1. The van der Waals surface area contributed by atoms with Gasteiger partial charge in [-0.3, -0.25) is 0 Å². The second kappa shape index (κ2) is 4.81. The second-order valence-corrected chi connectivity index (χ2v) is 3.41. The third kappa shape index (κ3) is 2.48. The molecule has 0 radical (unpaired) electrons. The maximum Gasteiger partial charge on any atom is 0.131 e. The van der Waals surface area contributed by atoms with Gasteiger partial charge in [0.2, 0.25) is 0 Å². The molecule has 0 amide bonds. The van der Waals surface area contributed by atoms with Crippen LogP contribution in [-0.2, 0) is 0 Å². The molecule has 0 aliphatic heterocycles. The lowest BCUT2D eigenvalue weighted by molar-refractivity contribution is 0.194. The highest BCUT2D eigenvalue weighted by Crippen LogP contribution is 2.27. The van der Waals surface area contributed by atoms with E-state index >= 15 is 0 Å². The molecule has 1 aromatic rings. The van der Waals surface area contributed by atoms with Gasteiger partial charge in [0.05, 0.1) is 12.6 Å². The van der Waals surface area contributed by atoms with Crippen LogP contribution < -0.4 is 4.90 Å². The summed E-state index contributed by atoms with van der Waals surface area (Å²) in [4.78, 5) is 1.73. The van der Waals surface area contributed by atoms with E-state index in [0.29, 0.717) is 12.2 Å². The van der Waals surface area contributed by atoms with Crippen molar-refractivity contribution in [2.45, 2.75) is 13.0 Å². The molecule has 3 heteroatoms. The molecule has 0 aliphatic carbocycles. The summed E-state index contributed by atoms with van der Waals surface area (Å²) in [6.07, 6.45) is 4.34. The van der Waals surface area contributed by atoms with E-state index in [-0.39, 0.29) is 5.56 Å². The number of aliphatic hydroxyl groups is 1. The first kappa shape index (κ1) is 11.5. The molecule has 0 saturated carbocycles. The highest BCUT2D eigenvalue weighted by molar-refractivity contribution is 5.55. The lowest BCUT2D eigenvalue weighted by atomic mass is 10.1. The van der Waals surface area contributed by atoms with Crippen molar-refractivity contribution in [3.05, 3.63) is 29.6 Å². The van der Waals surface area contributed by atoms with Crippen LogP contribution >= 0.6 is 0 Å². The standard InChI is InChI=1S/C12H14FNO/c1-4-8-14(3)11-7-5-6-10(13)12(11)9(2)15/h1,5-7,9,15H,8H2,2-3H3/t9-/m0/s1. The summed E-state index contributed by atoms with van der Waals surface area (Å²) >= 11 is 0. The quantitative estimate of drug-likeness (QED) is 0.766. The average molecular weight is 207 g/mol. The third-order valence-corrected chi connectivity index (χ3v) is 2.19. The zero-order valence-corrected chi connectivity index (χ0v) is 8.87. The molecule has 80 valence electrons. The SMILES string of the molecule is C#CCN(C)c1cccc(F)c1[C@H](C)O. The molecular formula is C12H14FNO. The number of terminal acetylenes is 1. The van der Waals surface area contributed by atoms with Crippen LogP contribution in [0.15, 0.2) is 18.2 Å². The van der Waals surface area contributed by atoms with Crippen LogP contribution in [0.5, 0.6) is 0 Å². The van der Waals surface area contributed by atoms with Crippen LogP contribution in [0.2, 0.25) is 0 Å². The summed E-state index contributed by atoms with van der Waals surface area (Å²) in [6, 6.07) is 4.67. The number of hydrogen-bond acceptors (Lipinski definition) is 2. The average Bonchev–Trinajstić information content (AvgIpc) is 2.17. The van der Waals surface area contributed by atoms with E-state index < -0.39 is 11.9 Å². The monoisotopic (exact) mass is 207 g/mol. The Labute approximate surface area is 89.3 Å². The number of aliphatic hydroxyl groups excluding tert-OH is 1. The number of nitrogens with zero attached hydrogens (tertiary/aromatic N) is 1. The van der Waals surface area contributed by atoms with Gasteiger partial charge in [0.15, 0.2) is 0 Å². The summed E-state index contributed by atoms with van der Waals surface area (Å²) in [5.74, 6) is 2.06. The van der Waals surface area contributed by atoms with E-state index in [4.69, 9.17) is 6.42 Å². The summed E-state index contributed by atoms with van der Waals surface area (Å²) in [5.41, 5.74) is 0.915. The fourth-order valence-corrected chi connectivity index (χ4v) is 1.49. The van der Waals surface area contributed by atoms with Gasteiger partial charge in [-0.2, -0.15) is 0 Å². The molecule has 1 aromatic carbocycles. The normalized spacial score (nSPS) is 11.9. The van der Waals surface area contributed by atoms with Crippen molar-refractivity contribution in [3.8, 4) is 12.3 Å². The minimum Gasteiger partial charge on any atom is -0.389 e. The lowest BCUT2D eigenvalue weighted by Gasteiger charge is -2.21. The molecule has 0 unspecified atom stereocenters. The molecule has 1 atom stereocenters. The highest BCUT2D eigenvalue weighted by atomic mass is 19.1. The van der Waals surface area contributed by atoms with E-state index in [2.05, 4.69) is 5.92 Å². The van der Waals surface area contributed by atoms with Crippen LogP contribution in [0.3, 0.4) is 0 Å². The first-order valence-corrected chi connectivity index (χ1v) is 4.69. The molecule has 0 bridgehead atoms. The van der Waals surface area contributed by atoms with Crippen molar-refractivity contribution in [2.24, 2.45) is 0 Å². The van der Waals surface area contributed by atoms with E-state index in [1.54, 1.807) is 24.1 Å². The van der Waals surface area contributed by atoms with Crippen molar-refractivity contribution >= 4 is 5.69 Å². The molecule has 15 heavy (non-hydrogen) atoms. The van der Waals surface area contributed by atoms with Crippen LogP contribution in [-0.4, -0.2) is 18.7 Å². The molecule has 2 nitrogen and oxygen atoms in total. The molecule has 0 heterocycles. The Morgan fingerprint density at radius 1 is 1.60 bits per heavy atom. The van der Waals surface area contributed by atoms with Crippen molar-refractivity contribution in [2.75, 3.05) is 18.5 Å². The Kier molecular flexibility index (Phi) is 3.70. The highest BCUT2D eigenvalue weighted by Gasteiger charge is 2.15. The zero-order chi connectivity index (χ0) is 11.4. The van der Waals surface area contributed by atoms with Crippen LogP contribution in [0.1, 0.15) is 18.6 Å². The Bertz CT molecular complexity index is 382. The summed E-state index contributed by atoms with van der Waals surface area (Å²) in [7, 11) is 1.76. The first-order chi connectivity index (χ1) is 7.07. The minimum absolute atomic E-state index is 0.287. The number of benzene rings is 1. The molecule has 0 aliphatic rings. The Balaban J connectivity index is 3.17. The predicted octanol–water partition coefficient (Wildman–Crippen LogP) is 1.95. The zero-order valence-electron chi connectivity index (χ0n) is 8.87. The Hall–Kier alpha value is -1.53. The van der Waals surface area contributed by atoms with Gasteiger partial charge in [-0.05, 0) is 19.1 Å². The lowest BCUT2D eigenvalue weighted by Crippen LogP contribution is -2.20. The summed E-state index contributed by atoms with van der Waals surface area (Å²) < 4.78 is 13.5. The van der Waals surface area contributed by atoms with Gasteiger partial charge in [-0.15, -0.1) is 6.42 Å². The van der Waals surface area contributed by atoms with Gasteiger partial charge in [-0.25, -0.2) is 4.39 Å². The van der Waals surface area contributed by atoms with E-state index in [9.17, 15) is 9.50 Å². The van der Waals surface area contributed by atoms with Crippen LogP contribution in [0.25, 0.3) is 0 Å². The van der Waals surface area contributed by atoms with Gasteiger partial charge >= 0.3 is 0 Å². The maximum absolute atomic E-state index is 13.5. The van der Waals surface area contributed by atoms with Gasteiger partial charge < -0.3 is 10.0 Å². The molecule has 0 saturated heterocycles. The first-order valence-electron chi connectivity index (χ1n) is 4.69. The van der Waals surface area contributed by atoms with Gasteiger partial charge in [0.25, 0.3) is 0 Å². The number of anilines is 1. The minimum atomic E-state index is -0.846. The van der Waals surface area contributed by atoms with Crippen molar-refractivity contribution in [1.29, 1.82) is 0 Å². The Morgan fingerprint density at radius 2 is 2.27 bits per heavy atom. The molecule has 0 spiro atoms. The molecule has 0 fully saturated rings. The van der Waals surface area contributed by atoms with E-state index in [0.717, 1.165) is 0 Å². The van der Waals surface area contributed by atoms with Gasteiger partial charge in [0.1, 0.15) is 5.82 Å². The third-order valence-electron chi connectivity index (χ3n) is 2.19. The van der Waals surface area contributed by atoms with Crippen molar-refractivity contribution in [1.82, 2.24) is 0 Å². The van der Waals surface area contributed by atoms with Crippen molar-refractivity contribution in [3.63, 3.8) is 0 Å². The molecule has 1 N–H and O–H groups in total. The predicted molar refractivity (Wildman–Crippen MR) is 59.1 cm³/mol. The topological polar surface area (TPSA) is 23.5 Å². The smallest absolute Gasteiger partial charge is 0.131 e. The maximum atomic E-state index is 13.5. The van der Waals surface area contributed by atoms with E-state index in [1.807, 2.05) is 0 Å². The number of rotatable bonds is 3. The second-order valence-electron chi connectivity index (χ2n) is 3.41. The molecule has 0 aromatic heterocycles. The fourth-order valence-electron chi connectivity index (χ4n) is 1.49. The van der Waals surface area contributed by atoms with Crippen molar-refractivity contribution < 1.29 is 9.50 Å². The fraction of sp³-hybridized carbons (Fsp3) is 0.333. The van der Waals surface area contributed by atoms with Gasteiger partial charge in [-0.1, -0.05) is 12.0 Å². The van der Waals surface area contributed by atoms with Crippen LogP contribution in [0, 0.1) is 18.2 Å². The largest absolute Gasteiger partial charge is 0.389 e. The summed E-state index contributed by atoms with van der Waals surface area (Å²) in [6.45, 7) is 1.91. The van der Waals surface area contributed by atoms with Gasteiger partial charge in [0, 0.05) is 18.3 Å². The number of halogens is 1. The Morgan fingerprint density at radius 3 is 2.80 bits per heavy atom. The van der Waals surface area contributed by atoms with E-state index in [1.165, 1.54) is 13.0 Å². The summed E-state index contributed by atoms with van der Waals surface area (Å²) in [5, 5.41) is 9.48.